The van der Waals surface area contributed by atoms with Gasteiger partial charge in [-0.25, -0.2) is 4.98 Å². The summed E-state index contributed by atoms with van der Waals surface area (Å²) < 4.78 is 0. The molecule has 0 aromatic carbocycles. The molecule has 94 valence electrons. The van der Waals surface area contributed by atoms with Gasteiger partial charge in [-0.1, -0.05) is 19.9 Å². The van der Waals surface area contributed by atoms with Crippen LogP contribution in [0.25, 0.3) is 0 Å². The van der Waals surface area contributed by atoms with Gasteiger partial charge >= 0.3 is 0 Å². The molecule has 0 aliphatic heterocycles. The van der Waals surface area contributed by atoms with Crippen molar-refractivity contribution in [3.8, 4) is 0 Å². The molecule has 17 heavy (non-hydrogen) atoms. The molecule has 3 heteroatoms. The summed E-state index contributed by atoms with van der Waals surface area (Å²) in [6, 6.07) is 6.77. The first-order valence-electron chi connectivity index (χ1n) is 6.36. The molecular formula is C14H22N2S. The van der Waals surface area contributed by atoms with Crippen LogP contribution in [0, 0.1) is 5.41 Å². The minimum atomic E-state index is 0.472. The molecular weight excluding hydrogens is 228 g/mol. The fourth-order valence-corrected chi connectivity index (χ4v) is 4.11. The molecule has 0 spiro atoms. The van der Waals surface area contributed by atoms with Crippen LogP contribution in [0.4, 0.5) is 0 Å². The van der Waals surface area contributed by atoms with Gasteiger partial charge in [0.15, 0.2) is 0 Å². The molecule has 1 aromatic heterocycles. The summed E-state index contributed by atoms with van der Waals surface area (Å²) in [5.41, 5.74) is 0.472. The summed E-state index contributed by atoms with van der Waals surface area (Å²) in [4.78, 5) is 4.42. The zero-order valence-corrected chi connectivity index (χ0v) is 11.8. The second-order valence-corrected chi connectivity index (χ2v) is 6.89. The molecule has 1 saturated carbocycles. The maximum absolute atomic E-state index is 4.42. The first-order chi connectivity index (χ1) is 8.11. The van der Waals surface area contributed by atoms with E-state index in [1.807, 2.05) is 24.0 Å². The molecule has 2 rings (SSSR count). The van der Waals surface area contributed by atoms with Gasteiger partial charge < -0.3 is 5.32 Å². The predicted octanol–water partition coefficient (Wildman–Crippen LogP) is 3.34. The SMILES string of the molecule is CNC1CCC(C)(C)CC1Sc1ccccn1. The van der Waals surface area contributed by atoms with E-state index < -0.39 is 0 Å². The average Bonchev–Trinajstić information content (AvgIpc) is 2.30. The van der Waals surface area contributed by atoms with Crippen LogP contribution in [0.15, 0.2) is 29.4 Å². The summed E-state index contributed by atoms with van der Waals surface area (Å²) in [5.74, 6) is 0. The predicted molar refractivity (Wildman–Crippen MR) is 74.4 cm³/mol. The molecule has 1 N–H and O–H groups in total. The number of nitrogens with one attached hydrogen (secondary N) is 1. The number of nitrogens with zero attached hydrogens (tertiary/aromatic N) is 1. The van der Waals surface area contributed by atoms with E-state index in [2.05, 4.69) is 43.3 Å². The first-order valence-corrected chi connectivity index (χ1v) is 7.24. The van der Waals surface area contributed by atoms with Gasteiger partial charge in [0, 0.05) is 17.5 Å². The second kappa shape index (κ2) is 5.40. The molecule has 2 nitrogen and oxygen atoms in total. The quantitative estimate of drug-likeness (QED) is 0.890. The molecule has 0 radical (unpaired) electrons. The van der Waals surface area contributed by atoms with Crippen LogP contribution in [0.3, 0.4) is 0 Å². The average molecular weight is 250 g/mol. The van der Waals surface area contributed by atoms with Gasteiger partial charge in [-0.2, -0.15) is 0 Å². The maximum Gasteiger partial charge on any atom is 0.0963 e. The Balaban J connectivity index is 2.06. The van der Waals surface area contributed by atoms with Crippen LogP contribution in [-0.4, -0.2) is 23.3 Å². The number of thioether (sulfide) groups is 1. The Morgan fingerprint density at radius 3 is 2.88 bits per heavy atom. The third-order valence-corrected chi connectivity index (χ3v) is 4.90. The number of hydrogen-bond acceptors (Lipinski definition) is 3. The van der Waals surface area contributed by atoms with Crippen molar-refractivity contribution in [1.82, 2.24) is 10.3 Å². The van der Waals surface area contributed by atoms with Crippen LogP contribution in [-0.2, 0) is 0 Å². The molecule has 0 amide bonds. The second-order valence-electron chi connectivity index (χ2n) is 5.63. The van der Waals surface area contributed by atoms with Crippen molar-refractivity contribution in [3.63, 3.8) is 0 Å². The lowest BCUT2D eigenvalue weighted by Crippen LogP contribution is -2.43. The van der Waals surface area contributed by atoms with Gasteiger partial charge in [-0.3, -0.25) is 0 Å². The third-order valence-electron chi connectivity index (χ3n) is 3.62. The molecule has 1 aliphatic carbocycles. The Morgan fingerprint density at radius 1 is 1.41 bits per heavy atom. The van der Waals surface area contributed by atoms with Crippen molar-refractivity contribution in [2.45, 2.75) is 49.4 Å². The minimum Gasteiger partial charge on any atom is -0.316 e. The van der Waals surface area contributed by atoms with Gasteiger partial charge in [0.25, 0.3) is 0 Å². The normalized spacial score (nSPS) is 27.9. The van der Waals surface area contributed by atoms with E-state index in [1.54, 1.807) is 0 Å². The Hall–Kier alpha value is -0.540. The highest BCUT2D eigenvalue weighted by atomic mass is 32.2. The highest BCUT2D eigenvalue weighted by molar-refractivity contribution is 7.99. The van der Waals surface area contributed by atoms with E-state index in [9.17, 15) is 0 Å². The summed E-state index contributed by atoms with van der Waals surface area (Å²) in [6.07, 6.45) is 5.73. The van der Waals surface area contributed by atoms with E-state index in [-0.39, 0.29) is 0 Å². The fraction of sp³-hybridized carbons (Fsp3) is 0.643. The maximum atomic E-state index is 4.42. The smallest absolute Gasteiger partial charge is 0.0963 e. The lowest BCUT2D eigenvalue weighted by Gasteiger charge is -2.40. The van der Waals surface area contributed by atoms with Crippen molar-refractivity contribution in [1.29, 1.82) is 0 Å². The summed E-state index contributed by atoms with van der Waals surface area (Å²) in [7, 11) is 2.08. The van der Waals surface area contributed by atoms with E-state index in [4.69, 9.17) is 0 Å². The first kappa shape index (κ1) is 12.9. The molecule has 2 atom stereocenters. The van der Waals surface area contributed by atoms with Crippen molar-refractivity contribution in [2.24, 2.45) is 5.41 Å². The largest absolute Gasteiger partial charge is 0.316 e. The van der Waals surface area contributed by atoms with Crippen molar-refractivity contribution in [2.75, 3.05) is 7.05 Å². The lowest BCUT2D eigenvalue weighted by molar-refractivity contribution is 0.218. The van der Waals surface area contributed by atoms with Crippen molar-refractivity contribution in [3.05, 3.63) is 24.4 Å². The molecule has 1 fully saturated rings. The van der Waals surface area contributed by atoms with Gasteiger partial charge in [0.2, 0.25) is 0 Å². The van der Waals surface area contributed by atoms with Crippen molar-refractivity contribution >= 4 is 11.8 Å². The Labute approximate surface area is 109 Å². The van der Waals surface area contributed by atoms with Crippen molar-refractivity contribution < 1.29 is 0 Å². The zero-order valence-electron chi connectivity index (χ0n) is 10.9. The summed E-state index contributed by atoms with van der Waals surface area (Å²) in [5, 5.41) is 5.25. The third kappa shape index (κ3) is 3.46. The summed E-state index contributed by atoms with van der Waals surface area (Å²) >= 11 is 1.93. The monoisotopic (exact) mass is 250 g/mol. The van der Waals surface area contributed by atoms with Gasteiger partial charge in [0.05, 0.1) is 5.03 Å². The standard InChI is InChI=1S/C14H22N2S/c1-14(2)8-7-11(15-3)12(10-14)17-13-6-4-5-9-16-13/h4-6,9,11-12,15H,7-8,10H2,1-3H3. The summed E-state index contributed by atoms with van der Waals surface area (Å²) in [6.45, 7) is 4.76. The lowest BCUT2D eigenvalue weighted by atomic mass is 9.75. The molecule has 1 aliphatic rings. The highest BCUT2D eigenvalue weighted by Gasteiger charge is 2.34. The molecule has 0 bridgehead atoms. The van der Waals surface area contributed by atoms with Gasteiger partial charge in [-0.05, 0) is 43.9 Å². The van der Waals surface area contributed by atoms with Crippen LogP contribution in [0.5, 0.6) is 0 Å². The number of pyridine rings is 1. The van der Waals surface area contributed by atoms with Gasteiger partial charge in [-0.15, -0.1) is 11.8 Å². The van der Waals surface area contributed by atoms with Crippen LogP contribution in [0.1, 0.15) is 33.1 Å². The fourth-order valence-electron chi connectivity index (χ4n) is 2.55. The van der Waals surface area contributed by atoms with E-state index in [0.29, 0.717) is 16.7 Å². The number of aromatic nitrogens is 1. The topological polar surface area (TPSA) is 24.9 Å². The molecule has 1 heterocycles. The zero-order chi connectivity index (χ0) is 12.3. The number of rotatable bonds is 3. The Bertz CT molecular complexity index is 350. The molecule has 2 unspecified atom stereocenters. The Kier molecular flexibility index (Phi) is 4.10. The van der Waals surface area contributed by atoms with E-state index in [1.165, 1.54) is 19.3 Å². The van der Waals surface area contributed by atoms with Gasteiger partial charge in [0.1, 0.15) is 0 Å². The molecule has 1 aromatic rings. The number of hydrogen-bond donors (Lipinski definition) is 1. The molecule has 0 saturated heterocycles. The van der Waals surface area contributed by atoms with E-state index in [0.717, 1.165) is 5.03 Å². The van der Waals surface area contributed by atoms with Crippen LogP contribution in [0.2, 0.25) is 0 Å². The van der Waals surface area contributed by atoms with E-state index >= 15 is 0 Å². The minimum absolute atomic E-state index is 0.472. The highest BCUT2D eigenvalue weighted by Crippen LogP contribution is 2.42. The van der Waals surface area contributed by atoms with Crippen LogP contribution < -0.4 is 5.32 Å². The Morgan fingerprint density at radius 2 is 2.24 bits per heavy atom. The van der Waals surface area contributed by atoms with Crippen LogP contribution >= 0.6 is 11.8 Å².